The normalized spacial score (nSPS) is 25.2. The third-order valence-electron chi connectivity index (χ3n) is 7.51. The second kappa shape index (κ2) is 9.29. The van der Waals surface area contributed by atoms with Crippen LogP contribution in [0.15, 0.2) is 54.1 Å². The Bertz CT molecular complexity index is 1000. The van der Waals surface area contributed by atoms with Crippen molar-refractivity contribution in [3.8, 4) is 0 Å². The standard InChI is InChI=1S/C27H32ClNO3/c1-3-19(18-30)15-21-16-20-7-4-5-10-24(20)26(21)11-13-27(14-12-26,25(31)32-2)29-23-9-6-8-22(28)17-23/h4-10,16-17,19,29-30H,3,11-15,18H2,1-2H3/t19-,26?,27?/m1/s1. The van der Waals surface area contributed by atoms with E-state index in [1.807, 2.05) is 24.3 Å². The summed E-state index contributed by atoms with van der Waals surface area (Å²) in [6.07, 6.45) is 7.17. The zero-order valence-electron chi connectivity index (χ0n) is 18.9. The van der Waals surface area contributed by atoms with Gasteiger partial charge in [-0.1, -0.05) is 66.9 Å². The minimum atomic E-state index is -0.783. The van der Waals surface area contributed by atoms with Crippen molar-refractivity contribution in [2.24, 2.45) is 5.92 Å². The molecule has 1 atom stereocenters. The van der Waals surface area contributed by atoms with Crippen LogP contribution in [-0.4, -0.2) is 30.3 Å². The number of aliphatic hydroxyl groups is 1. The number of carbonyl (C=O) groups excluding carboxylic acids is 1. The number of rotatable bonds is 7. The molecule has 2 aliphatic rings. The molecule has 2 aliphatic carbocycles. The maximum absolute atomic E-state index is 13.0. The Morgan fingerprint density at radius 1 is 1.16 bits per heavy atom. The fraction of sp³-hybridized carbons (Fsp3) is 0.444. The van der Waals surface area contributed by atoms with Crippen LogP contribution in [-0.2, 0) is 14.9 Å². The van der Waals surface area contributed by atoms with Crippen LogP contribution < -0.4 is 5.32 Å². The summed E-state index contributed by atoms with van der Waals surface area (Å²) >= 11 is 6.19. The number of anilines is 1. The summed E-state index contributed by atoms with van der Waals surface area (Å²) in [5.41, 5.74) is 3.96. The average Bonchev–Trinajstić information content (AvgIpc) is 3.11. The molecule has 1 saturated carbocycles. The number of methoxy groups -OCH3 is 1. The first-order valence-electron chi connectivity index (χ1n) is 11.5. The molecule has 4 rings (SSSR count). The first-order chi connectivity index (χ1) is 15.5. The molecular weight excluding hydrogens is 422 g/mol. The number of halogens is 1. The predicted molar refractivity (Wildman–Crippen MR) is 130 cm³/mol. The van der Waals surface area contributed by atoms with E-state index in [0.717, 1.165) is 31.4 Å². The van der Waals surface area contributed by atoms with Crippen molar-refractivity contribution in [2.75, 3.05) is 19.0 Å². The van der Waals surface area contributed by atoms with Crippen LogP contribution in [0.3, 0.4) is 0 Å². The van der Waals surface area contributed by atoms with Gasteiger partial charge in [0.05, 0.1) is 7.11 Å². The summed E-state index contributed by atoms with van der Waals surface area (Å²) in [5.74, 6) is 0.0234. The van der Waals surface area contributed by atoms with E-state index in [0.29, 0.717) is 17.9 Å². The summed E-state index contributed by atoms with van der Waals surface area (Å²) in [7, 11) is 1.46. The van der Waals surface area contributed by atoms with Gasteiger partial charge in [0, 0.05) is 22.7 Å². The molecule has 1 fully saturated rings. The smallest absolute Gasteiger partial charge is 0.331 e. The number of allylic oxidation sites excluding steroid dienone is 1. The van der Waals surface area contributed by atoms with Crippen molar-refractivity contribution < 1.29 is 14.6 Å². The summed E-state index contributed by atoms with van der Waals surface area (Å²) < 4.78 is 5.26. The number of benzene rings is 2. The summed E-state index contributed by atoms with van der Waals surface area (Å²) in [5, 5.41) is 14.0. The van der Waals surface area contributed by atoms with Gasteiger partial charge in [0.25, 0.3) is 0 Å². The SMILES string of the molecule is CC[C@@H](CO)CC1=Cc2ccccc2C12CCC(Nc1cccc(Cl)c1)(C(=O)OC)CC2. The molecule has 2 aromatic rings. The summed E-state index contributed by atoms with van der Waals surface area (Å²) in [6, 6.07) is 16.1. The first-order valence-corrected chi connectivity index (χ1v) is 11.9. The molecule has 0 saturated heterocycles. The molecule has 0 amide bonds. The van der Waals surface area contributed by atoms with Crippen LogP contribution in [0.4, 0.5) is 5.69 Å². The van der Waals surface area contributed by atoms with Crippen molar-refractivity contribution in [1.29, 1.82) is 0 Å². The van der Waals surface area contributed by atoms with Crippen LogP contribution in [0.25, 0.3) is 6.08 Å². The van der Waals surface area contributed by atoms with E-state index in [2.05, 4.69) is 42.6 Å². The lowest BCUT2D eigenvalue weighted by atomic mass is 9.61. The van der Waals surface area contributed by atoms with Crippen LogP contribution in [0.1, 0.15) is 56.6 Å². The molecule has 0 aromatic heterocycles. The lowest BCUT2D eigenvalue weighted by Gasteiger charge is -2.46. The van der Waals surface area contributed by atoms with E-state index < -0.39 is 5.54 Å². The second-order valence-electron chi connectivity index (χ2n) is 9.21. The van der Waals surface area contributed by atoms with Gasteiger partial charge in [-0.3, -0.25) is 0 Å². The number of esters is 1. The molecule has 4 nitrogen and oxygen atoms in total. The molecule has 0 heterocycles. The highest BCUT2D eigenvalue weighted by molar-refractivity contribution is 6.30. The first kappa shape index (κ1) is 22.9. The molecule has 0 aliphatic heterocycles. The minimum Gasteiger partial charge on any atom is -0.467 e. The van der Waals surface area contributed by atoms with Crippen molar-refractivity contribution in [3.63, 3.8) is 0 Å². The van der Waals surface area contributed by atoms with Crippen molar-refractivity contribution >= 4 is 29.3 Å². The van der Waals surface area contributed by atoms with Gasteiger partial charge in [0.1, 0.15) is 5.54 Å². The molecule has 0 radical (unpaired) electrons. The molecule has 32 heavy (non-hydrogen) atoms. The van der Waals surface area contributed by atoms with E-state index in [1.54, 1.807) is 0 Å². The zero-order chi connectivity index (χ0) is 22.8. The van der Waals surface area contributed by atoms with Crippen LogP contribution in [0, 0.1) is 5.92 Å². The molecule has 0 bridgehead atoms. The highest BCUT2D eigenvalue weighted by Crippen LogP contribution is 2.55. The van der Waals surface area contributed by atoms with Gasteiger partial charge in [0.15, 0.2) is 0 Å². The molecule has 0 unspecified atom stereocenters. The van der Waals surface area contributed by atoms with Crippen molar-refractivity contribution in [2.45, 2.75) is 56.4 Å². The topological polar surface area (TPSA) is 58.6 Å². The van der Waals surface area contributed by atoms with Gasteiger partial charge in [0.2, 0.25) is 0 Å². The Morgan fingerprint density at radius 2 is 1.91 bits per heavy atom. The number of hydrogen-bond donors (Lipinski definition) is 2. The highest BCUT2D eigenvalue weighted by Gasteiger charge is 2.51. The van der Waals surface area contributed by atoms with Crippen molar-refractivity contribution in [3.05, 3.63) is 70.3 Å². The van der Waals surface area contributed by atoms with Gasteiger partial charge in [-0.05, 0) is 67.3 Å². The number of nitrogens with one attached hydrogen (secondary N) is 1. The van der Waals surface area contributed by atoms with Crippen LogP contribution >= 0.6 is 11.6 Å². The van der Waals surface area contributed by atoms with E-state index in [4.69, 9.17) is 16.3 Å². The minimum absolute atomic E-state index is 0.0906. The molecule has 1 spiro atoms. The fourth-order valence-electron chi connectivity index (χ4n) is 5.57. The number of aliphatic hydroxyl groups excluding tert-OH is 1. The monoisotopic (exact) mass is 453 g/mol. The number of carbonyl (C=O) groups is 1. The van der Waals surface area contributed by atoms with Gasteiger partial charge in [-0.25, -0.2) is 4.79 Å². The Morgan fingerprint density at radius 3 is 2.56 bits per heavy atom. The molecular formula is C27H32ClNO3. The van der Waals surface area contributed by atoms with Gasteiger partial charge >= 0.3 is 5.97 Å². The van der Waals surface area contributed by atoms with E-state index in [-0.39, 0.29) is 23.9 Å². The maximum atomic E-state index is 13.0. The lowest BCUT2D eigenvalue weighted by Crippen LogP contribution is -2.52. The van der Waals surface area contributed by atoms with E-state index >= 15 is 0 Å². The van der Waals surface area contributed by atoms with Crippen LogP contribution in [0.5, 0.6) is 0 Å². The highest BCUT2D eigenvalue weighted by atomic mass is 35.5. The molecule has 2 aromatic carbocycles. The molecule has 170 valence electrons. The van der Waals surface area contributed by atoms with Gasteiger partial charge in [-0.2, -0.15) is 0 Å². The second-order valence-corrected chi connectivity index (χ2v) is 9.65. The van der Waals surface area contributed by atoms with E-state index in [1.165, 1.54) is 23.8 Å². The van der Waals surface area contributed by atoms with E-state index in [9.17, 15) is 9.90 Å². The molecule has 5 heteroatoms. The Balaban J connectivity index is 1.66. The Kier molecular flexibility index (Phi) is 6.64. The number of ether oxygens (including phenoxy) is 1. The largest absolute Gasteiger partial charge is 0.467 e. The predicted octanol–water partition coefficient (Wildman–Crippen LogP) is 5.98. The van der Waals surface area contributed by atoms with Gasteiger partial charge in [-0.15, -0.1) is 0 Å². The number of fused-ring (bicyclic) bond motifs is 2. The van der Waals surface area contributed by atoms with Crippen LogP contribution in [0.2, 0.25) is 5.02 Å². The molecule has 2 N–H and O–H groups in total. The number of hydrogen-bond acceptors (Lipinski definition) is 4. The third kappa shape index (κ3) is 4.06. The summed E-state index contributed by atoms with van der Waals surface area (Å²) in [6.45, 7) is 2.33. The average molecular weight is 454 g/mol. The summed E-state index contributed by atoms with van der Waals surface area (Å²) in [4.78, 5) is 13.0. The lowest BCUT2D eigenvalue weighted by molar-refractivity contribution is -0.147. The Hall–Kier alpha value is -2.30. The Labute approximate surface area is 195 Å². The fourth-order valence-corrected chi connectivity index (χ4v) is 5.76. The quantitative estimate of drug-likeness (QED) is 0.506. The third-order valence-corrected chi connectivity index (χ3v) is 7.74. The van der Waals surface area contributed by atoms with Crippen molar-refractivity contribution in [1.82, 2.24) is 0 Å². The maximum Gasteiger partial charge on any atom is 0.331 e. The van der Waals surface area contributed by atoms with Gasteiger partial charge < -0.3 is 15.2 Å². The zero-order valence-corrected chi connectivity index (χ0v) is 19.6.